The van der Waals surface area contributed by atoms with Gasteiger partial charge in [-0.2, -0.15) is 0 Å². The molecule has 0 atom stereocenters. The average Bonchev–Trinajstić information content (AvgIpc) is 1.81. The molecule has 0 aliphatic carbocycles. The molecular weight excluding hydrogens is 192 g/mol. The lowest BCUT2D eigenvalue weighted by Crippen LogP contribution is -2.09. The number of hydrogen-bond donors (Lipinski definition) is 0. The molecule has 0 rings (SSSR count). The summed E-state index contributed by atoms with van der Waals surface area (Å²) >= 11 is 1.41. The molecule has 0 fully saturated rings. The smallest absolute Gasteiger partial charge is 0.228 e. The van der Waals surface area contributed by atoms with Gasteiger partial charge >= 0.3 is 0 Å². The Hall–Kier alpha value is -0.120. The first kappa shape index (κ1) is 12.9. The summed E-state index contributed by atoms with van der Waals surface area (Å²) in [7, 11) is 0. The molecule has 0 aliphatic rings. The van der Waals surface area contributed by atoms with Gasteiger partial charge in [0, 0.05) is 17.4 Å². The highest BCUT2D eigenvalue weighted by Gasteiger charge is 2.19. The number of rotatable bonds is 4. The van der Waals surface area contributed by atoms with Gasteiger partial charge in [0.05, 0.1) is 0 Å². The Morgan fingerprint density at radius 3 is 2.15 bits per heavy atom. The first-order valence-electron chi connectivity index (χ1n) is 4.28. The van der Waals surface area contributed by atoms with E-state index in [2.05, 4.69) is 4.40 Å². The Balaban J connectivity index is 3.55. The molecule has 0 aliphatic heterocycles. The van der Waals surface area contributed by atoms with Gasteiger partial charge in [-0.15, -0.1) is 0 Å². The largest absolute Gasteiger partial charge is 0.245 e. The topological polar surface area (TPSA) is 12.4 Å². The molecule has 0 N–H and O–H groups in total. The fraction of sp³-hybridized carbons (Fsp3) is 0.889. The minimum Gasteiger partial charge on any atom is -0.228 e. The minimum atomic E-state index is -2.57. The van der Waals surface area contributed by atoms with E-state index in [1.54, 1.807) is 6.21 Å². The fourth-order valence-electron chi connectivity index (χ4n) is 0.566. The van der Waals surface area contributed by atoms with Crippen LogP contribution in [0.15, 0.2) is 4.40 Å². The highest BCUT2D eigenvalue weighted by Crippen LogP contribution is 2.24. The van der Waals surface area contributed by atoms with Crippen LogP contribution in [0.3, 0.4) is 0 Å². The van der Waals surface area contributed by atoms with Crippen LogP contribution < -0.4 is 0 Å². The van der Waals surface area contributed by atoms with Crippen LogP contribution >= 0.6 is 11.9 Å². The Bertz CT molecular complexity index is 167. The Kier molecular flexibility index (Phi) is 4.89. The van der Waals surface area contributed by atoms with Crippen molar-refractivity contribution in [2.75, 3.05) is 0 Å². The van der Waals surface area contributed by atoms with Crippen LogP contribution in [0.1, 0.15) is 40.5 Å². The van der Waals surface area contributed by atoms with Gasteiger partial charge in [0.25, 0.3) is 0 Å². The summed E-state index contributed by atoms with van der Waals surface area (Å²) in [6.45, 7) is 7.02. The zero-order chi connectivity index (χ0) is 10.5. The first-order valence-corrected chi connectivity index (χ1v) is 5.06. The summed E-state index contributed by atoms with van der Waals surface area (Å²) in [5.74, 6) is -2.57. The number of halogens is 2. The van der Waals surface area contributed by atoms with Crippen molar-refractivity contribution in [2.24, 2.45) is 4.40 Å². The molecule has 0 spiro atoms. The van der Waals surface area contributed by atoms with E-state index < -0.39 is 5.92 Å². The monoisotopic (exact) mass is 209 g/mol. The van der Waals surface area contributed by atoms with Crippen LogP contribution in [0.5, 0.6) is 0 Å². The lowest BCUT2D eigenvalue weighted by atomic mass is 10.2. The van der Waals surface area contributed by atoms with Crippen LogP contribution in [0.25, 0.3) is 0 Å². The van der Waals surface area contributed by atoms with Gasteiger partial charge in [-0.1, -0.05) is 0 Å². The zero-order valence-corrected chi connectivity index (χ0v) is 9.42. The summed E-state index contributed by atoms with van der Waals surface area (Å²) in [6.07, 6.45) is 1.78. The minimum absolute atomic E-state index is 0.0607. The third-order valence-corrected chi connectivity index (χ3v) is 1.92. The van der Waals surface area contributed by atoms with Crippen molar-refractivity contribution >= 4 is 18.2 Å². The average molecular weight is 209 g/mol. The van der Waals surface area contributed by atoms with Gasteiger partial charge in [0.2, 0.25) is 5.92 Å². The molecular formula is C9H17F2NS. The molecule has 4 heteroatoms. The fourth-order valence-corrected chi connectivity index (χ4v) is 1.06. The maximum atomic E-state index is 12.3. The van der Waals surface area contributed by atoms with Crippen LogP contribution in [-0.2, 0) is 0 Å². The van der Waals surface area contributed by atoms with Crippen LogP contribution in [0.2, 0.25) is 0 Å². The molecule has 0 aromatic carbocycles. The summed E-state index contributed by atoms with van der Waals surface area (Å²) in [5.41, 5.74) is 0. The van der Waals surface area contributed by atoms with E-state index in [4.69, 9.17) is 0 Å². The SMILES string of the molecule is CC(F)(F)CC/C=N/SC(C)(C)C. The Morgan fingerprint density at radius 2 is 1.77 bits per heavy atom. The van der Waals surface area contributed by atoms with Crippen LogP contribution in [0.4, 0.5) is 8.78 Å². The molecule has 13 heavy (non-hydrogen) atoms. The van der Waals surface area contributed by atoms with Crippen molar-refractivity contribution in [3.8, 4) is 0 Å². The maximum absolute atomic E-state index is 12.3. The third kappa shape index (κ3) is 11.9. The number of alkyl halides is 2. The summed E-state index contributed by atoms with van der Waals surface area (Å²) < 4.78 is 28.7. The molecule has 0 aromatic heterocycles. The van der Waals surface area contributed by atoms with Crippen molar-refractivity contribution < 1.29 is 8.78 Å². The van der Waals surface area contributed by atoms with Gasteiger partial charge in [-0.05, 0) is 46.1 Å². The van der Waals surface area contributed by atoms with Gasteiger partial charge in [-0.25, -0.2) is 13.2 Å². The molecule has 0 unspecified atom stereocenters. The molecule has 78 valence electrons. The van der Waals surface area contributed by atoms with E-state index in [1.807, 2.05) is 20.8 Å². The lowest BCUT2D eigenvalue weighted by Gasteiger charge is -2.12. The lowest BCUT2D eigenvalue weighted by molar-refractivity contribution is 0.0154. The second-order valence-corrected chi connectivity index (χ2v) is 5.72. The third-order valence-electron chi connectivity index (χ3n) is 1.11. The second-order valence-electron chi connectivity index (χ2n) is 4.10. The van der Waals surface area contributed by atoms with Crippen molar-refractivity contribution in [3.63, 3.8) is 0 Å². The summed E-state index contributed by atoms with van der Waals surface area (Å²) in [6, 6.07) is 0. The van der Waals surface area contributed by atoms with E-state index >= 15 is 0 Å². The Labute approximate surface area is 83.1 Å². The second kappa shape index (κ2) is 4.94. The van der Waals surface area contributed by atoms with E-state index in [0.717, 1.165) is 6.92 Å². The van der Waals surface area contributed by atoms with E-state index in [1.165, 1.54) is 11.9 Å². The van der Waals surface area contributed by atoms with E-state index in [9.17, 15) is 8.78 Å². The van der Waals surface area contributed by atoms with Crippen molar-refractivity contribution in [1.29, 1.82) is 0 Å². The predicted molar refractivity (Wildman–Crippen MR) is 55.7 cm³/mol. The van der Waals surface area contributed by atoms with Crippen LogP contribution in [0, 0.1) is 0 Å². The molecule has 0 amide bonds. The normalized spacial score (nSPS) is 14.0. The quantitative estimate of drug-likeness (QED) is 0.504. The molecule has 0 aromatic rings. The van der Waals surface area contributed by atoms with Crippen LogP contribution in [-0.4, -0.2) is 16.9 Å². The molecule has 0 radical (unpaired) electrons. The summed E-state index contributed by atoms with van der Waals surface area (Å²) in [4.78, 5) is 0. The molecule has 0 saturated heterocycles. The Morgan fingerprint density at radius 1 is 1.23 bits per heavy atom. The molecule has 0 saturated carbocycles. The number of nitrogens with zero attached hydrogens (tertiary/aromatic N) is 1. The van der Waals surface area contributed by atoms with Gasteiger partial charge in [-0.3, -0.25) is 0 Å². The van der Waals surface area contributed by atoms with E-state index in [-0.39, 0.29) is 11.2 Å². The molecule has 0 heterocycles. The van der Waals surface area contributed by atoms with Gasteiger partial charge < -0.3 is 0 Å². The van der Waals surface area contributed by atoms with Crippen molar-refractivity contribution in [1.82, 2.24) is 0 Å². The van der Waals surface area contributed by atoms with Crippen molar-refractivity contribution in [2.45, 2.75) is 51.2 Å². The molecule has 1 nitrogen and oxygen atoms in total. The maximum Gasteiger partial charge on any atom is 0.245 e. The molecule has 0 bridgehead atoms. The van der Waals surface area contributed by atoms with Gasteiger partial charge in [0.1, 0.15) is 0 Å². The van der Waals surface area contributed by atoms with Crippen molar-refractivity contribution in [3.05, 3.63) is 0 Å². The number of hydrogen-bond acceptors (Lipinski definition) is 2. The van der Waals surface area contributed by atoms with E-state index in [0.29, 0.717) is 6.42 Å². The highest BCUT2D eigenvalue weighted by molar-refractivity contribution is 7.99. The standard InChI is InChI=1S/C9H17F2NS/c1-8(2,3)13-12-7-5-6-9(4,10)11/h7H,5-6H2,1-4H3/b12-7+. The first-order chi connectivity index (χ1) is 5.71. The van der Waals surface area contributed by atoms with Gasteiger partial charge in [0.15, 0.2) is 0 Å². The predicted octanol–water partition coefficient (Wildman–Crippen LogP) is 3.94. The zero-order valence-electron chi connectivity index (χ0n) is 8.60. The highest BCUT2D eigenvalue weighted by atomic mass is 32.2. The summed E-state index contributed by atoms with van der Waals surface area (Å²) in [5, 5.41) is 0.